The SMILES string of the molecule is CC[C@H](N)C(=O)NC1(CO)CCCC1. The van der Waals surface area contributed by atoms with Crippen LogP contribution in [0.15, 0.2) is 0 Å². The van der Waals surface area contributed by atoms with Crippen LogP contribution in [0, 0.1) is 0 Å². The molecular formula is C10H20N2O2. The summed E-state index contributed by atoms with van der Waals surface area (Å²) in [4.78, 5) is 11.5. The number of hydrogen-bond acceptors (Lipinski definition) is 3. The lowest BCUT2D eigenvalue weighted by atomic mass is 9.98. The molecule has 0 spiro atoms. The summed E-state index contributed by atoms with van der Waals surface area (Å²) in [5.74, 6) is -0.136. The second kappa shape index (κ2) is 4.75. The number of nitrogens with one attached hydrogen (secondary N) is 1. The fourth-order valence-corrected chi connectivity index (χ4v) is 1.91. The van der Waals surface area contributed by atoms with Gasteiger partial charge in [0.1, 0.15) is 0 Å². The summed E-state index contributed by atoms with van der Waals surface area (Å²) in [5.41, 5.74) is 5.23. The zero-order valence-corrected chi connectivity index (χ0v) is 8.75. The number of amides is 1. The summed E-state index contributed by atoms with van der Waals surface area (Å²) in [6, 6.07) is -0.445. The molecule has 0 heterocycles. The number of carbonyl (C=O) groups excluding carboxylic acids is 1. The molecule has 1 atom stereocenters. The van der Waals surface area contributed by atoms with Gasteiger partial charge >= 0.3 is 0 Å². The molecule has 4 N–H and O–H groups in total. The smallest absolute Gasteiger partial charge is 0.237 e. The van der Waals surface area contributed by atoms with E-state index in [0.29, 0.717) is 6.42 Å². The summed E-state index contributed by atoms with van der Waals surface area (Å²) in [6.07, 6.45) is 4.51. The van der Waals surface area contributed by atoms with E-state index in [1.807, 2.05) is 6.92 Å². The molecule has 1 saturated carbocycles. The molecule has 1 aliphatic rings. The van der Waals surface area contributed by atoms with Gasteiger partial charge in [0.05, 0.1) is 18.2 Å². The van der Waals surface area contributed by atoms with Crippen molar-refractivity contribution in [2.75, 3.05) is 6.61 Å². The zero-order valence-electron chi connectivity index (χ0n) is 8.75. The maximum Gasteiger partial charge on any atom is 0.237 e. The van der Waals surface area contributed by atoms with Gasteiger partial charge in [0.2, 0.25) is 5.91 Å². The Hall–Kier alpha value is -0.610. The van der Waals surface area contributed by atoms with E-state index in [9.17, 15) is 9.90 Å². The summed E-state index contributed by atoms with van der Waals surface area (Å²) in [7, 11) is 0. The fraction of sp³-hybridized carbons (Fsp3) is 0.900. The van der Waals surface area contributed by atoms with Crippen molar-refractivity contribution in [1.82, 2.24) is 5.32 Å². The molecule has 14 heavy (non-hydrogen) atoms. The van der Waals surface area contributed by atoms with E-state index < -0.39 is 6.04 Å². The molecule has 0 bridgehead atoms. The van der Waals surface area contributed by atoms with E-state index in [0.717, 1.165) is 25.7 Å². The van der Waals surface area contributed by atoms with Crippen LogP contribution in [0.4, 0.5) is 0 Å². The summed E-state index contributed by atoms with van der Waals surface area (Å²) in [5, 5.41) is 12.1. The molecule has 1 fully saturated rings. The maximum atomic E-state index is 11.5. The molecule has 0 aliphatic heterocycles. The molecule has 1 rings (SSSR count). The van der Waals surface area contributed by atoms with Crippen LogP contribution in [-0.2, 0) is 4.79 Å². The number of nitrogens with two attached hydrogens (primary N) is 1. The quantitative estimate of drug-likeness (QED) is 0.604. The Morgan fingerprint density at radius 3 is 2.57 bits per heavy atom. The van der Waals surface area contributed by atoms with Crippen LogP contribution in [0.1, 0.15) is 39.0 Å². The number of hydrogen-bond donors (Lipinski definition) is 3. The largest absolute Gasteiger partial charge is 0.394 e. The first-order valence-corrected chi connectivity index (χ1v) is 5.32. The first kappa shape index (κ1) is 11.5. The van der Waals surface area contributed by atoms with Crippen molar-refractivity contribution in [2.45, 2.75) is 50.6 Å². The normalized spacial score (nSPS) is 21.9. The minimum absolute atomic E-state index is 0.0230. The summed E-state index contributed by atoms with van der Waals surface area (Å²) in [6.45, 7) is 1.90. The summed E-state index contributed by atoms with van der Waals surface area (Å²) < 4.78 is 0. The first-order chi connectivity index (χ1) is 6.63. The van der Waals surface area contributed by atoms with Crippen molar-refractivity contribution in [1.29, 1.82) is 0 Å². The number of aliphatic hydroxyl groups is 1. The molecule has 0 aromatic heterocycles. The van der Waals surface area contributed by atoms with Crippen LogP contribution in [0.25, 0.3) is 0 Å². The van der Waals surface area contributed by atoms with Gasteiger partial charge in [-0.15, -0.1) is 0 Å². The van der Waals surface area contributed by atoms with Crippen LogP contribution >= 0.6 is 0 Å². The molecule has 82 valence electrons. The highest BCUT2D eigenvalue weighted by Crippen LogP contribution is 2.29. The standard InChI is InChI=1S/C10H20N2O2/c1-2-8(11)9(14)12-10(7-13)5-3-4-6-10/h8,13H,2-7,11H2,1H3,(H,12,14)/t8-/m0/s1. The van der Waals surface area contributed by atoms with E-state index in [-0.39, 0.29) is 18.1 Å². The predicted octanol–water partition coefficient (Wildman–Crippen LogP) is 0.145. The Kier molecular flexibility index (Phi) is 3.89. The minimum Gasteiger partial charge on any atom is -0.394 e. The van der Waals surface area contributed by atoms with Crippen molar-refractivity contribution >= 4 is 5.91 Å². The lowest BCUT2D eigenvalue weighted by molar-refractivity contribution is -0.124. The van der Waals surface area contributed by atoms with Crippen molar-refractivity contribution < 1.29 is 9.90 Å². The van der Waals surface area contributed by atoms with Crippen LogP contribution in [0.3, 0.4) is 0 Å². The van der Waals surface area contributed by atoms with E-state index in [1.165, 1.54) is 0 Å². The molecule has 0 aromatic rings. The van der Waals surface area contributed by atoms with Crippen molar-refractivity contribution in [3.05, 3.63) is 0 Å². The molecular weight excluding hydrogens is 180 g/mol. The van der Waals surface area contributed by atoms with E-state index in [1.54, 1.807) is 0 Å². The third-order valence-electron chi connectivity index (χ3n) is 3.03. The Balaban J connectivity index is 2.52. The number of rotatable bonds is 4. The molecule has 1 amide bonds. The predicted molar refractivity (Wildman–Crippen MR) is 54.7 cm³/mol. The lowest BCUT2D eigenvalue weighted by Crippen LogP contribution is -2.54. The van der Waals surface area contributed by atoms with Crippen molar-refractivity contribution in [2.24, 2.45) is 5.73 Å². The Morgan fingerprint density at radius 2 is 2.14 bits per heavy atom. The molecule has 0 aromatic carbocycles. The van der Waals surface area contributed by atoms with Gasteiger partial charge in [-0.3, -0.25) is 4.79 Å². The molecule has 4 nitrogen and oxygen atoms in total. The van der Waals surface area contributed by atoms with Crippen molar-refractivity contribution in [3.8, 4) is 0 Å². The van der Waals surface area contributed by atoms with E-state index in [2.05, 4.69) is 5.32 Å². The molecule has 4 heteroatoms. The molecule has 0 unspecified atom stereocenters. The number of carbonyl (C=O) groups is 1. The Labute approximate surface area is 84.9 Å². The Bertz CT molecular complexity index is 200. The molecule has 0 radical (unpaired) electrons. The topological polar surface area (TPSA) is 75.4 Å². The highest BCUT2D eigenvalue weighted by atomic mass is 16.3. The van der Waals surface area contributed by atoms with Crippen LogP contribution in [0.2, 0.25) is 0 Å². The second-order valence-electron chi connectivity index (χ2n) is 4.15. The van der Waals surface area contributed by atoms with Gasteiger partial charge in [-0.05, 0) is 19.3 Å². The summed E-state index contributed by atoms with van der Waals surface area (Å²) >= 11 is 0. The highest BCUT2D eigenvalue weighted by molar-refractivity contribution is 5.82. The zero-order chi connectivity index (χ0) is 10.6. The molecule has 0 saturated heterocycles. The average Bonchev–Trinajstić information content (AvgIpc) is 2.65. The van der Waals surface area contributed by atoms with E-state index >= 15 is 0 Å². The van der Waals surface area contributed by atoms with Gasteiger partial charge in [-0.2, -0.15) is 0 Å². The van der Waals surface area contributed by atoms with Gasteiger partial charge in [0, 0.05) is 0 Å². The lowest BCUT2D eigenvalue weighted by Gasteiger charge is -2.29. The van der Waals surface area contributed by atoms with Gasteiger partial charge in [-0.1, -0.05) is 19.8 Å². The number of aliphatic hydroxyl groups excluding tert-OH is 1. The van der Waals surface area contributed by atoms with Crippen LogP contribution < -0.4 is 11.1 Å². The third kappa shape index (κ3) is 2.45. The second-order valence-corrected chi connectivity index (χ2v) is 4.15. The van der Waals surface area contributed by atoms with Gasteiger partial charge < -0.3 is 16.2 Å². The maximum absolute atomic E-state index is 11.5. The van der Waals surface area contributed by atoms with Crippen LogP contribution in [-0.4, -0.2) is 29.2 Å². The monoisotopic (exact) mass is 200 g/mol. The molecule has 1 aliphatic carbocycles. The Morgan fingerprint density at radius 1 is 1.57 bits per heavy atom. The third-order valence-corrected chi connectivity index (χ3v) is 3.03. The highest BCUT2D eigenvalue weighted by Gasteiger charge is 2.35. The first-order valence-electron chi connectivity index (χ1n) is 5.32. The average molecular weight is 200 g/mol. The minimum atomic E-state index is -0.445. The van der Waals surface area contributed by atoms with E-state index in [4.69, 9.17) is 5.73 Å². The van der Waals surface area contributed by atoms with Gasteiger partial charge in [0.15, 0.2) is 0 Å². The van der Waals surface area contributed by atoms with Gasteiger partial charge in [-0.25, -0.2) is 0 Å². The van der Waals surface area contributed by atoms with Gasteiger partial charge in [0.25, 0.3) is 0 Å². The fourth-order valence-electron chi connectivity index (χ4n) is 1.91. The van der Waals surface area contributed by atoms with Crippen LogP contribution in [0.5, 0.6) is 0 Å². The van der Waals surface area contributed by atoms with Crippen molar-refractivity contribution in [3.63, 3.8) is 0 Å².